The molecule has 5 nitrogen and oxygen atoms in total. The summed E-state index contributed by atoms with van der Waals surface area (Å²) in [6.07, 6.45) is 5.10. The van der Waals surface area contributed by atoms with Gasteiger partial charge in [-0.05, 0) is 27.7 Å². The molecule has 0 unspecified atom stereocenters. The van der Waals surface area contributed by atoms with E-state index in [4.69, 9.17) is 0 Å². The van der Waals surface area contributed by atoms with Crippen molar-refractivity contribution in [1.82, 2.24) is 14.5 Å². The maximum absolute atomic E-state index is 12.3. The molecule has 0 amide bonds. The summed E-state index contributed by atoms with van der Waals surface area (Å²) in [4.78, 5) is 20.7. The molecule has 0 fully saturated rings. The highest BCUT2D eigenvalue weighted by molar-refractivity contribution is 7.09. The zero-order valence-corrected chi connectivity index (χ0v) is 12.4. The van der Waals surface area contributed by atoms with E-state index in [9.17, 15) is 4.79 Å². The van der Waals surface area contributed by atoms with Crippen molar-refractivity contribution < 1.29 is 0 Å². The van der Waals surface area contributed by atoms with Gasteiger partial charge < -0.3 is 9.88 Å². The first-order valence-electron chi connectivity index (χ1n) is 6.17. The highest BCUT2D eigenvalue weighted by Gasteiger charge is 2.25. The van der Waals surface area contributed by atoms with E-state index < -0.39 is 5.54 Å². The van der Waals surface area contributed by atoms with Crippen LogP contribution >= 0.6 is 11.3 Å². The van der Waals surface area contributed by atoms with Gasteiger partial charge in [0, 0.05) is 30.0 Å². The minimum atomic E-state index is -0.420. The fraction of sp³-hybridized carbons (Fsp3) is 0.462. The number of hydrogen-bond acceptors (Lipinski definition) is 5. The van der Waals surface area contributed by atoms with Gasteiger partial charge in [-0.15, -0.1) is 11.3 Å². The Morgan fingerprint density at radius 2 is 2.05 bits per heavy atom. The molecule has 1 N–H and O–H groups in total. The van der Waals surface area contributed by atoms with Crippen LogP contribution in [-0.4, -0.2) is 14.5 Å². The predicted octanol–water partition coefficient (Wildman–Crippen LogP) is 2.63. The van der Waals surface area contributed by atoms with Gasteiger partial charge >= 0.3 is 0 Å². The van der Waals surface area contributed by atoms with Crippen molar-refractivity contribution in [2.24, 2.45) is 0 Å². The molecule has 0 bridgehead atoms. The summed E-state index contributed by atoms with van der Waals surface area (Å²) in [5.41, 5.74) is -0.529. The van der Waals surface area contributed by atoms with Gasteiger partial charge in [0.1, 0.15) is 5.01 Å². The monoisotopic (exact) mass is 278 g/mol. The molecule has 0 radical (unpaired) electrons. The Balaban J connectivity index is 2.34. The smallest absolute Gasteiger partial charge is 0.293 e. The maximum Gasteiger partial charge on any atom is 0.293 e. The van der Waals surface area contributed by atoms with Crippen molar-refractivity contribution in [2.75, 3.05) is 5.32 Å². The van der Waals surface area contributed by atoms with Crippen LogP contribution in [0, 0.1) is 0 Å². The third kappa shape index (κ3) is 2.84. The summed E-state index contributed by atoms with van der Waals surface area (Å²) in [7, 11) is 0. The van der Waals surface area contributed by atoms with Crippen molar-refractivity contribution in [3.05, 3.63) is 39.3 Å². The molecule has 0 aliphatic heterocycles. The van der Waals surface area contributed by atoms with E-state index in [1.54, 1.807) is 34.5 Å². The van der Waals surface area contributed by atoms with E-state index in [1.165, 1.54) is 0 Å². The second-order valence-corrected chi connectivity index (χ2v) is 6.06. The van der Waals surface area contributed by atoms with Crippen LogP contribution in [0.5, 0.6) is 0 Å². The zero-order chi connectivity index (χ0) is 14.0. The minimum absolute atomic E-state index is 0.109. The van der Waals surface area contributed by atoms with E-state index >= 15 is 0 Å². The Bertz CT molecular complexity index is 601. The molecule has 2 rings (SSSR count). The van der Waals surface area contributed by atoms with E-state index in [0.717, 1.165) is 5.01 Å². The van der Waals surface area contributed by atoms with Crippen molar-refractivity contribution in [2.45, 2.75) is 39.3 Å². The normalized spacial score (nSPS) is 11.8. The molecule has 0 saturated heterocycles. The number of aromatic nitrogens is 3. The number of rotatable bonds is 4. The first kappa shape index (κ1) is 13.7. The molecule has 2 aromatic heterocycles. The molecule has 19 heavy (non-hydrogen) atoms. The first-order chi connectivity index (χ1) is 8.92. The summed E-state index contributed by atoms with van der Waals surface area (Å²) >= 11 is 1.56. The average Bonchev–Trinajstić information content (AvgIpc) is 2.85. The number of nitrogens with zero attached hydrogens (tertiary/aromatic N) is 3. The van der Waals surface area contributed by atoms with Crippen LogP contribution in [0.3, 0.4) is 0 Å². The molecule has 102 valence electrons. The number of hydrogen-bond donors (Lipinski definition) is 1. The molecule has 0 atom stereocenters. The molecule has 0 spiro atoms. The molecular formula is C13H18N4OS. The fourth-order valence-corrected chi connectivity index (χ4v) is 2.52. The van der Waals surface area contributed by atoms with E-state index in [-0.39, 0.29) is 11.6 Å². The number of thiazole rings is 1. The molecule has 0 aliphatic carbocycles. The number of nitrogens with one attached hydrogen (secondary N) is 1. The predicted molar refractivity (Wildman–Crippen MR) is 77.6 cm³/mol. The molecule has 2 heterocycles. The Morgan fingerprint density at radius 1 is 1.32 bits per heavy atom. The average molecular weight is 278 g/mol. The van der Waals surface area contributed by atoms with Crippen molar-refractivity contribution >= 4 is 17.2 Å². The molecular weight excluding hydrogens is 260 g/mol. The summed E-state index contributed by atoms with van der Waals surface area (Å²) in [5.74, 6) is 0.358. The zero-order valence-electron chi connectivity index (χ0n) is 11.5. The summed E-state index contributed by atoms with van der Waals surface area (Å²) in [6.45, 7) is 7.91. The van der Waals surface area contributed by atoms with Crippen LogP contribution < -0.4 is 10.9 Å². The van der Waals surface area contributed by atoms with Gasteiger partial charge in [0.15, 0.2) is 5.82 Å². The lowest BCUT2D eigenvalue weighted by molar-refractivity contribution is 0.562. The standard InChI is InChI=1S/C13H18N4OS/c1-9(2)17-7-5-14-10(11(17)18)16-13(3,4)12-15-6-8-19-12/h5-9H,1-4H3,(H,14,16). The Hall–Kier alpha value is -1.69. The van der Waals surface area contributed by atoms with Crippen LogP contribution in [0.1, 0.15) is 38.7 Å². The third-order valence-electron chi connectivity index (χ3n) is 2.82. The van der Waals surface area contributed by atoms with Gasteiger partial charge in [0.25, 0.3) is 5.56 Å². The second-order valence-electron chi connectivity index (χ2n) is 5.17. The summed E-state index contributed by atoms with van der Waals surface area (Å²) in [5, 5.41) is 6.03. The highest BCUT2D eigenvalue weighted by Crippen LogP contribution is 2.25. The molecule has 0 saturated carbocycles. The van der Waals surface area contributed by atoms with Crippen LogP contribution in [-0.2, 0) is 5.54 Å². The Labute approximate surface area is 116 Å². The van der Waals surface area contributed by atoms with Crippen LogP contribution in [0.15, 0.2) is 28.8 Å². The van der Waals surface area contributed by atoms with Gasteiger partial charge in [0.05, 0.1) is 5.54 Å². The molecule has 2 aromatic rings. The van der Waals surface area contributed by atoms with Crippen molar-refractivity contribution in [3.63, 3.8) is 0 Å². The maximum atomic E-state index is 12.3. The van der Waals surface area contributed by atoms with E-state index in [1.807, 2.05) is 33.1 Å². The van der Waals surface area contributed by atoms with Gasteiger partial charge in [-0.3, -0.25) is 4.79 Å². The van der Waals surface area contributed by atoms with Crippen molar-refractivity contribution in [1.29, 1.82) is 0 Å². The van der Waals surface area contributed by atoms with Crippen LogP contribution in [0.25, 0.3) is 0 Å². The van der Waals surface area contributed by atoms with Crippen LogP contribution in [0.2, 0.25) is 0 Å². The lowest BCUT2D eigenvalue weighted by Crippen LogP contribution is -2.34. The lowest BCUT2D eigenvalue weighted by atomic mass is 10.1. The van der Waals surface area contributed by atoms with Gasteiger partial charge in [-0.1, -0.05) is 0 Å². The second kappa shape index (κ2) is 5.13. The van der Waals surface area contributed by atoms with Gasteiger partial charge in [-0.25, -0.2) is 9.97 Å². The topological polar surface area (TPSA) is 59.8 Å². The Kier molecular flexibility index (Phi) is 3.71. The van der Waals surface area contributed by atoms with Crippen molar-refractivity contribution in [3.8, 4) is 0 Å². The quantitative estimate of drug-likeness (QED) is 0.934. The van der Waals surface area contributed by atoms with E-state index in [0.29, 0.717) is 5.82 Å². The van der Waals surface area contributed by atoms with Gasteiger partial charge in [0.2, 0.25) is 0 Å². The highest BCUT2D eigenvalue weighted by atomic mass is 32.1. The lowest BCUT2D eigenvalue weighted by Gasteiger charge is -2.24. The van der Waals surface area contributed by atoms with E-state index in [2.05, 4.69) is 15.3 Å². The first-order valence-corrected chi connectivity index (χ1v) is 7.05. The Morgan fingerprint density at radius 3 is 2.63 bits per heavy atom. The molecule has 6 heteroatoms. The van der Waals surface area contributed by atoms with Gasteiger partial charge in [-0.2, -0.15) is 0 Å². The molecule has 0 aromatic carbocycles. The SMILES string of the molecule is CC(C)n1ccnc(NC(C)(C)c2nccs2)c1=O. The fourth-order valence-electron chi connectivity index (χ4n) is 1.80. The largest absolute Gasteiger partial charge is 0.354 e. The third-order valence-corrected chi connectivity index (χ3v) is 3.92. The molecule has 0 aliphatic rings. The van der Waals surface area contributed by atoms with Crippen LogP contribution in [0.4, 0.5) is 5.82 Å². The number of anilines is 1. The summed E-state index contributed by atoms with van der Waals surface area (Å²) < 4.78 is 1.66. The summed E-state index contributed by atoms with van der Waals surface area (Å²) in [6, 6.07) is 0.110. The minimum Gasteiger partial charge on any atom is -0.354 e.